The molecule has 0 radical (unpaired) electrons. The third kappa shape index (κ3) is 4.12. The van der Waals surface area contributed by atoms with E-state index in [2.05, 4.69) is 22.4 Å². The molecule has 1 aromatic carbocycles. The van der Waals surface area contributed by atoms with Crippen LogP contribution in [0.2, 0.25) is 0 Å². The van der Waals surface area contributed by atoms with Crippen LogP contribution in [0.15, 0.2) is 40.9 Å². The number of hydrogen-bond acceptors (Lipinski definition) is 5. The second-order valence-electron chi connectivity index (χ2n) is 8.67. The van der Waals surface area contributed by atoms with Gasteiger partial charge in [-0.15, -0.1) is 0 Å². The molecule has 2 fully saturated rings. The fourth-order valence-corrected chi connectivity index (χ4v) is 4.72. The smallest absolute Gasteiger partial charge is 0.228 e. The molecule has 2 aliphatic rings. The summed E-state index contributed by atoms with van der Waals surface area (Å²) in [5.41, 5.74) is 1.06. The molecule has 3 heterocycles. The molecule has 4 rings (SSSR count). The normalized spacial score (nSPS) is 22.9. The number of nitrogens with one attached hydrogen (secondary N) is 1. The van der Waals surface area contributed by atoms with Gasteiger partial charge in [-0.1, -0.05) is 35.5 Å². The highest BCUT2D eigenvalue weighted by Crippen LogP contribution is 2.37. The number of piperidine rings is 1. The molecule has 0 spiro atoms. The fourth-order valence-electron chi connectivity index (χ4n) is 4.72. The lowest BCUT2D eigenvalue weighted by molar-refractivity contribution is -0.137. The van der Waals surface area contributed by atoms with E-state index in [1.807, 2.05) is 41.3 Å². The summed E-state index contributed by atoms with van der Waals surface area (Å²) in [7, 11) is 3.75. The molecule has 2 amide bonds. The first-order valence-electron chi connectivity index (χ1n) is 10.7. The Labute approximate surface area is 177 Å². The maximum Gasteiger partial charge on any atom is 0.228 e. The van der Waals surface area contributed by atoms with Crippen LogP contribution in [-0.2, 0) is 16.0 Å². The van der Waals surface area contributed by atoms with Gasteiger partial charge >= 0.3 is 0 Å². The zero-order valence-corrected chi connectivity index (χ0v) is 17.8. The van der Waals surface area contributed by atoms with Crippen molar-refractivity contribution in [1.82, 2.24) is 20.3 Å². The van der Waals surface area contributed by atoms with Gasteiger partial charge < -0.3 is 19.6 Å². The van der Waals surface area contributed by atoms with Crippen LogP contribution in [0.25, 0.3) is 11.3 Å². The van der Waals surface area contributed by atoms with Gasteiger partial charge in [0.2, 0.25) is 11.8 Å². The van der Waals surface area contributed by atoms with Gasteiger partial charge in [-0.3, -0.25) is 9.59 Å². The largest absolute Gasteiger partial charge is 0.361 e. The summed E-state index contributed by atoms with van der Waals surface area (Å²) < 4.78 is 5.59. The van der Waals surface area contributed by atoms with Crippen LogP contribution in [-0.4, -0.2) is 67.0 Å². The van der Waals surface area contributed by atoms with E-state index in [0.29, 0.717) is 31.7 Å². The first-order chi connectivity index (χ1) is 14.5. The van der Waals surface area contributed by atoms with Gasteiger partial charge in [-0.2, -0.15) is 0 Å². The van der Waals surface area contributed by atoms with Crippen molar-refractivity contribution in [2.45, 2.75) is 25.7 Å². The number of carbonyl (C=O) groups is 2. The third-order valence-electron chi connectivity index (χ3n) is 6.58. The van der Waals surface area contributed by atoms with Crippen LogP contribution in [0.3, 0.4) is 0 Å². The van der Waals surface area contributed by atoms with Crippen molar-refractivity contribution in [3.8, 4) is 11.3 Å². The number of aromatic nitrogens is 1. The summed E-state index contributed by atoms with van der Waals surface area (Å²) >= 11 is 0. The first-order valence-corrected chi connectivity index (χ1v) is 10.7. The van der Waals surface area contributed by atoms with Crippen LogP contribution >= 0.6 is 0 Å². The predicted molar refractivity (Wildman–Crippen MR) is 114 cm³/mol. The van der Waals surface area contributed by atoms with Crippen LogP contribution < -0.4 is 5.32 Å². The minimum Gasteiger partial charge on any atom is -0.361 e. The first kappa shape index (κ1) is 20.6. The van der Waals surface area contributed by atoms with E-state index in [0.717, 1.165) is 37.2 Å². The third-order valence-corrected chi connectivity index (χ3v) is 6.58. The predicted octanol–water partition coefficient (Wildman–Crippen LogP) is 2.19. The molecule has 1 aromatic heterocycles. The Morgan fingerprint density at radius 3 is 2.63 bits per heavy atom. The van der Waals surface area contributed by atoms with E-state index in [-0.39, 0.29) is 17.7 Å². The van der Waals surface area contributed by atoms with Crippen molar-refractivity contribution in [2.75, 3.05) is 40.3 Å². The van der Waals surface area contributed by atoms with Crippen molar-refractivity contribution in [3.05, 3.63) is 42.2 Å². The molecule has 7 heteroatoms. The molecule has 2 aromatic rings. The Morgan fingerprint density at radius 1 is 1.20 bits per heavy atom. The molecular weight excluding hydrogens is 380 g/mol. The molecule has 0 unspecified atom stereocenters. The summed E-state index contributed by atoms with van der Waals surface area (Å²) in [6.45, 7) is 2.94. The molecule has 0 bridgehead atoms. The molecule has 0 saturated carbocycles. The standard InChI is InChI=1S/C23H30N4O3/c1-24-22(29)23(15-19-14-20(25-30-19)17-6-4-3-5-7-17)10-13-27(16-23)21(28)18-8-11-26(2)12-9-18/h3-7,14,18H,8-13,15-16H2,1-2H3,(H,24,29)/t23-/m1/s1. The SMILES string of the molecule is CNC(=O)[C@@]1(Cc2cc(-c3ccccc3)no2)CCN(C(=O)C2CCN(C)CC2)C1. The van der Waals surface area contributed by atoms with E-state index in [9.17, 15) is 9.59 Å². The summed E-state index contributed by atoms with van der Waals surface area (Å²) in [5.74, 6) is 0.887. The van der Waals surface area contributed by atoms with Gasteiger partial charge in [-0.25, -0.2) is 0 Å². The number of rotatable bonds is 5. The second kappa shape index (κ2) is 8.60. The lowest BCUT2D eigenvalue weighted by Crippen LogP contribution is -2.46. The van der Waals surface area contributed by atoms with Crippen molar-refractivity contribution in [1.29, 1.82) is 0 Å². The van der Waals surface area contributed by atoms with Crippen LogP contribution in [0, 0.1) is 11.3 Å². The van der Waals surface area contributed by atoms with Crippen LogP contribution in [0.1, 0.15) is 25.0 Å². The maximum absolute atomic E-state index is 13.1. The number of carbonyl (C=O) groups excluding carboxylic acids is 2. The van der Waals surface area contributed by atoms with Crippen molar-refractivity contribution < 1.29 is 14.1 Å². The number of likely N-dealkylation sites (tertiary alicyclic amines) is 2. The average Bonchev–Trinajstić information content (AvgIpc) is 3.42. The van der Waals surface area contributed by atoms with Gasteiger partial charge in [0.05, 0.1) is 5.41 Å². The Bertz CT molecular complexity index is 889. The van der Waals surface area contributed by atoms with Gasteiger partial charge in [-0.05, 0) is 39.4 Å². The summed E-state index contributed by atoms with van der Waals surface area (Å²) in [6, 6.07) is 11.7. The Balaban J connectivity index is 1.48. The monoisotopic (exact) mass is 410 g/mol. The van der Waals surface area contributed by atoms with Crippen LogP contribution in [0.4, 0.5) is 0 Å². The summed E-state index contributed by atoms with van der Waals surface area (Å²) in [5, 5.41) is 6.99. The molecule has 7 nitrogen and oxygen atoms in total. The molecule has 1 N–H and O–H groups in total. The molecule has 0 aliphatic carbocycles. The van der Waals surface area contributed by atoms with E-state index in [4.69, 9.17) is 4.52 Å². The molecule has 160 valence electrons. The number of benzene rings is 1. The van der Waals surface area contributed by atoms with Gasteiger partial charge in [0.15, 0.2) is 0 Å². The number of hydrogen-bond donors (Lipinski definition) is 1. The lowest BCUT2D eigenvalue weighted by atomic mass is 9.81. The molecule has 2 saturated heterocycles. The highest BCUT2D eigenvalue weighted by atomic mass is 16.5. The number of amides is 2. The topological polar surface area (TPSA) is 78.7 Å². The van der Waals surface area contributed by atoms with E-state index in [1.54, 1.807) is 7.05 Å². The van der Waals surface area contributed by atoms with Crippen molar-refractivity contribution >= 4 is 11.8 Å². The Kier molecular flexibility index (Phi) is 5.90. The molecular formula is C23H30N4O3. The van der Waals surface area contributed by atoms with E-state index in [1.165, 1.54) is 0 Å². The van der Waals surface area contributed by atoms with Gasteiger partial charge in [0.1, 0.15) is 11.5 Å². The highest BCUT2D eigenvalue weighted by molar-refractivity contribution is 5.86. The minimum absolute atomic E-state index is 0.0427. The Morgan fingerprint density at radius 2 is 1.93 bits per heavy atom. The average molecular weight is 411 g/mol. The summed E-state index contributed by atoms with van der Waals surface area (Å²) in [4.78, 5) is 30.1. The quantitative estimate of drug-likeness (QED) is 0.818. The van der Waals surface area contributed by atoms with Gasteiger partial charge in [0.25, 0.3) is 0 Å². The second-order valence-corrected chi connectivity index (χ2v) is 8.67. The van der Waals surface area contributed by atoms with E-state index >= 15 is 0 Å². The molecule has 1 atom stereocenters. The molecule has 30 heavy (non-hydrogen) atoms. The van der Waals surface area contributed by atoms with E-state index < -0.39 is 5.41 Å². The zero-order valence-electron chi connectivity index (χ0n) is 17.8. The van der Waals surface area contributed by atoms with Crippen molar-refractivity contribution in [2.24, 2.45) is 11.3 Å². The molecule has 2 aliphatic heterocycles. The van der Waals surface area contributed by atoms with Crippen molar-refractivity contribution in [3.63, 3.8) is 0 Å². The maximum atomic E-state index is 13.1. The Hall–Kier alpha value is -2.67. The minimum atomic E-state index is -0.677. The van der Waals surface area contributed by atoms with Gasteiger partial charge in [0, 0.05) is 44.1 Å². The fraction of sp³-hybridized carbons (Fsp3) is 0.522. The number of nitrogens with zero attached hydrogens (tertiary/aromatic N) is 3. The van der Waals surface area contributed by atoms with Crippen LogP contribution in [0.5, 0.6) is 0 Å². The highest BCUT2D eigenvalue weighted by Gasteiger charge is 2.47. The lowest BCUT2D eigenvalue weighted by Gasteiger charge is -2.32. The zero-order chi connectivity index (χ0) is 21.1. The summed E-state index contributed by atoms with van der Waals surface area (Å²) in [6.07, 6.45) is 2.85.